The van der Waals surface area contributed by atoms with Gasteiger partial charge in [0.1, 0.15) is 5.82 Å². The van der Waals surface area contributed by atoms with Gasteiger partial charge < -0.3 is 4.90 Å². The van der Waals surface area contributed by atoms with Crippen molar-refractivity contribution in [2.45, 2.75) is 26.4 Å². The number of amides is 1. The molecule has 0 radical (unpaired) electrons. The minimum Gasteiger partial charge on any atom is -0.341 e. The normalized spacial score (nSPS) is 11.0. The summed E-state index contributed by atoms with van der Waals surface area (Å²) in [7, 11) is 1.76. The standard InChI is InChI=1S/C19H20FN3O/c1-14-3-8-18-16(11-14)12-21-23(18)10-9-19(24)22(2)13-15-4-6-17(20)7-5-15/h3-8,11-12H,9-10,13H2,1-2H3. The Morgan fingerprint density at radius 3 is 2.71 bits per heavy atom. The Bertz CT molecular complexity index is 855. The number of halogens is 1. The number of hydrogen-bond acceptors (Lipinski definition) is 2. The van der Waals surface area contributed by atoms with Crippen LogP contribution in [-0.4, -0.2) is 27.6 Å². The summed E-state index contributed by atoms with van der Waals surface area (Å²) in [5.74, 6) is -0.233. The van der Waals surface area contributed by atoms with Gasteiger partial charge in [0, 0.05) is 25.4 Å². The largest absolute Gasteiger partial charge is 0.341 e. The Kier molecular flexibility index (Phi) is 4.60. The Hall–Kier alpha value is -2.69. The van der Waals surface area contributed by atoms with E-state index in [1.807, 2.05) is 29.9 Å². The molecular weight excluding hydrogens is 305 g/mol. The Labute approximate surface area is 140 Å². The molecule has 1 heterocycles. The van der Waals surface area contributed by atoms with Crippen LogP contribution in [0.3, 0.4) is 0 Å². The molecular formula is C19H20FN3O. The van der Waals surface area contributed by atoms with Gasteiger partial charge >= 0.3 is 0 Å². The molecule has 1 amide bonds. The Balaban J connectivity index is 1.60. The van der Waals surface area contributed by atoms with Crippen molar-refractivity contribution in [3.05, 3.63) is 65.6 Å². The highest BCUT2D eigenvalue weighted by atomic mass is 19.1. The van der Waals surface area contributed by atoms with Crippen LogP contribution in [0.15, 0.2) is 48.7 Å². The first kappa shape index (κ1) is 16.2. The predicted octanol–water partition coefficient (Wildman–Crippen LogP) is 3.53. The van der Waals surface area contributed by atoms with Crippen molar-refractivity contribution >= 4 is 16.8 Å². The summed E-state index contributed by atoms with van der Waals surface area (Å²) in [5, 5.41) is 5.45. The summed E-state index contributed by atoms with van der Waals surface area (Å²) in [6.07, 6.45) is 2.21. The van der Waals surface area contributed by atoms with E-state index in [4.69, 9.17) is 0 Å². The summed E-state index contributed by atoms with van der Waals surface area (Å²) in [4.78, 5) is 14.0. The van der Waals surface area contributed by atoms with E-state index in [1.54, 1.807) is 24.1 Å². The van der Waals surface area contributed by atoms with Crippen LogP contribution in [0, 0.1) is 12.7 Å². The van der Waals surface area contributed by atoms with Crippen molar-refractivity contribution in [2.75, 3.05) is 7.05 Å². The third-order valence-corrected chi connectivity index (χ3v) is 4.09. The third-order valence-electron chi connectivity index (χ3n) is 4.09. The lowest BCUT2D eigenvalue weighted by Gasteiger charge is -2.17. The topological polar surface area (TPSA) is 38.1 Å². The van der Waals surface area contributed by atoms with Gasteiger partial charge in [0.2, 0.25) is 5.91 Å². The second kappa shape index (κ2) is 6.83. The molecule has 1 aromatic heterocycles. The van der Waals surface area contributed by atoms with E-state index in [1.165, 1.54) is 17.7 Å². The lowest BCUT2D eigenvalue weighted by atomic mass is 10.2. The van der Waals surface area contributed by atoms with Gasteiger partial charge in [-0.25, -0.2) is 4.39 Å². The molecule has 0 fully saturated rings. The number of aryl methyl sites for hydroxylation is 2. The van der Waals surface area contributed by atoms with Gasteiger partial charge in [0.25, 0.3) is 0 Å². The summed E-state index contributed by atoms with van der Waals surface area (Å²) in [5.41, 5.74) is 3.14. The second-order valence-corrected chi connectivity index (χ2v) is 6.06. The number of carbonyl (C=O) groups is 1. The molecule has 0 saturated carbocycles. The molecule has 0 spiro atoms. The molecule has 0 N–H and O–H groups in total. The van der Waals surface area contributed by atoms with E-state index in [-0.39, 0.29) is 11.7 Å². The SMILES string of the molecule is Cc1ccc2c(cnn2CCC(=O)N(C)Cc2ccc(F)cc2)c1. The van der Waals surface area contributed by atoms with Gasteiger partial charge in [-0.05, 0) is 36.8 Å². The van der Waals surface area contributed by atoms with E-state index in [9.17, 15) is 9.18 Å². The molecule has 0 unspecified atom stereocenters. The molecule has 3 rings (SSSR count). The first-order valence-electron chi connectivity index (χ1n) is 7.93. The molecule has 0 saturated heterocycles. The van der Waals surface area contributed by atoms with E-state index in [0.29, 0.717) is 19.5 Å². The Morgan fingerprint density at radius 1 is 1.21 bits per heavy atom. The maximum Gasteiger partial charge on any atom is 0.224 e. The molecule has 0 aliphatic heterocycles. The average Bonchev–Trinajstić information content (AvgIpc) is 2.96. The molecule has 0 bridgehead atoms. The van der Waals surface area contributed by atoms with Crippen LogP contribution in [0.5, 0.6) is 0 Å². The van der Waals surface area contributed by atoms with Gasteiger partial charge in [0.15, 0.2) is 0 Å². The number of aromatic nitrogens is 2. The van der Waals surface area contributed by atoms with Crippen molar-refractivity contribution in [1.82, 2.24) is 14.7 Å². The number of rotatable bonds is 5. The maximum atomic E-state index is 12.9. The molecule has 5 heteroatoms. The van der Waals surface area contributed by atoms with Crippen molar-refractivity contribution in [3.8, 4) is 0 Å². The molecule has 124 valence electrons. The molecule has 3 aromatic rings. The molecule has 0 aliphatic rings. The van der Waals surface area contributed by atoms with Crippen LogP contribution in [0.2, 0.25) is 0 Å². The quantitative estimate of drug-likeness (QED) is 0.720. The first-order valence-corrected chi connectivity index (χ1v) is 7.93. The van der Waals surface area contributed by atoms with E-state index >= 15 is 0 Å². The number of carbonyl (C=O) groups excluding carboxylic acids is 1. The summed E-state index contributed by atoms with van der Waals surface area (Å²) in [6.45, 7) is 3.06. The summed E-state index contributed by atoms with van der Waals surface area (Å²) < 4.78 is 14.8. The zero-order valence-corrected chi connectivity index (χ0v) is 13.9. The fraction of sp³-hybridized carbons (Fsp3) is 0.263. The van der Waals surface area contributed by atoms with Gasteiger partial charge in [-0.3, -0.25) is 9.48 Å². The van der Waals surface area contributed by atoms with E-state index in [0.717, 1.165) is 16.5 Å². The summed E-state index contributed by atoms with van der Waals surface area (Å²) >= 11 is 0. The minimum absolute atomic E-state index is 0.0371. The van der Waals surface area contributed by atoms with E-state index < -0.39 is 0 Å². The highest BCUT2D eigenvalue weighted by molar-refractivity contribution is 5.80. The van der Waals surface area contributed by atoms with Crippen LogP contribution in [0.1, 0.15) is 17.5 Å². The van der Waals surface area contributed by atoms with E-state index in [2.05, 4.69) is 11.2 Å². The van der Waals surface area contributed by atoms with Crippen molar-refractivity contribution in [3.63, 3.8) is 0 Å². The molecule has 4 nitrogen and oxygen atoms in total. The second-order valence-electron chi connectivity index (χ2n) is 6.06. The predicted molar refractivity (Wildman–Crippen MR) is 92.0 cm³/mol. The zero-order chi connectivity index (χ0) is 17.1. The minimum atomic E-state index is -0.270. The highest BCUT2D eigenvalue weighted by Crippen LogP contribution is 2.16. The zero-order valence-electron chi connectivity index (χ0n) is 13.9. The highest BCUT2D eigenvalue weighted by Gasteiger charge is 2.11. The average molecular weight is 325 g/mol. The maximum absolute atomic E-state index is 12.9. The fourth-order valence-electron chi connectivity index (χ4n) is 2.73. The van der Waals surface area contributed by atoms with Crippen molar-refractivity contribution in [2.24, 2.45) is 0 Å². The number of hydrogen-bond donors (Lipinski definition) is 0. The van der Waals surface area contributed by atoms with Crippen LogP contribution >= 0.6 is 0 Å². The number of fused-ring (bicyclic) bond motifs is 1. The van der Waals surface area contributed by atoms with Gasteiger partial charge in [-0.1, -0.05) is 23.8 Å². The lowest BCUT2D eigenvalue weighted by molar-refractivity contribution is -0.130. The van der Waals surface area contributed by atoms with Crippen molar-refractivity contribution in [1.29, 1.82) is 0 Å². The van der Waals surface area contributed by atoms with Crippen LogP contribution < -0.4 is 0 Å². The molecule has 0 atom stereocenters. The lowest BCUT2D eigenvalue weighted by Crippen LogP contribution is -2.27. The molecule has 2 aromatic carbocycles. The number of nitrogens with zero attached hydrogens (tertiary/aromatic N) is 3. The summed E-state index contributed by atoms with van der Waals surface area (Å²) in [6, 6.07) is 12.4. The smallest absolute Gasteiger partial charge is 0.224 e. The first-order chi connectivity index (χ1) is 11.5. The van der Waals surface area contributed by atoms with Crippen molar-refractivity contribution < 1.29 is 9.18 Å². The fourth-order valence-corrected chi connectivity index (χ4v) is 2.73. The van der Waals surface area contributed by atoms with Crippen LogP contribution in [-0.2, 0) is 17.9 Å². The third kappa shape index (κ3) is 3.62. The van der Waals surface area contributed by atoms with Gasteiger partial charge in [-0.15, -0.1) is 0 Å². The number of benzene rings is 2. The van der Waals surface area contributed by atoms with Crippen LogP contribution in [0.4, 0.5) is 4.39 Å². The van der Waals surface area contributed by atoms with Crippen LogP contribution in [0.25, 0.3) is 10.9 Å². The molecule has 24 heavy (non-hydrogen) atoms. The van der Waals surface area contributed by atoms with Gasteiger partial charge in [-0.2, -0.15) is 5.10 Å². The monoisotopic (exact) mass is 325 g/mol. The Morgan fingerprint density at radius 2 is 1.96 bits per heavy atom. The molecule has 0 aliphatic carbocycles. The van der Waals surface area contributed by atoms with Gasteiger partial charge in [0.05, 0.1) is 18.3 Å².